The zero-order valence-electron chi connectivity index (χ0n) is 23.6. The van der Waals surface area contributed by atoms with Crippen LogP contribution in [-0.4, -0.2) is 52.1 Å². The van der Waals surface area contributed by atoms with Crippen LogP contribution in [0, 0.1) is 5.82 Å². The van der Waals surface area contributed by atoms with E-state index in [0.29, 0.717) is 23.1 Å². The Kier molecular flexibility index (Phi) is 9.41. The van der Waals surface area contributed by atoms with Crippen molar-refractivity contribution in [2.45, 2.75) is 70.0 Å². The maximum absolute atomic E-state index is 13.9. The molecule has 3 aromatic carbocycles. The molecule has 1 heterocycles. The van der Waals surface area contributed by atoms with E-state index in [0.717, 1.165) is 37.7 Å². The molecule has 1 aliphatic heterocycles. The lowest BCUT2D eigenvalue weighted by molar-refractivity contribution is -0.141. The number of imide groups is 1. The maximum Gasteiger partial charge on any atom is 0.261 e. The molecule has 1 unspecified atom stereocenters. The topological polar surface area (TPSA) is 86.8 Å². The van der Waals surface area contributed by atoms with Crippen LogP contribution in [0.2, 0.25) is 0 Å². The van der Waals surface area contributed by atoms with Gasteiger partial charge in [0.25, 0.3) is 11.8 Å². The van der Waals surface area contributed by atoms with Crippen LogP contribution >= 0.6 is 0 Å². The van der Waals surface area contributed by atoms with Crippen LogP contribution < -0.4 is 5.32 Å². The Morgan fingerprint density at radius 2 is 1.45 bits per heavy atom. The molecule has 0 radical (unpaired) electrons. The molecule has 0 bridgehead atoms. The Bertz CT molecular complexity index is 1390. The van der Waals surface area contributed by atoms with Crippen LogP contribution in [-0.2, 0) is 22.6 Å². The normalized spacial score (nSPS) is 15.8. The highest BCUT2D eigenvalue weighted by Gasteiger charge is 2.36. The first-order valence-corrected chi connectivity index (χ1v) is 14.7. The van der Waals surface area contributed by atoms with E-state index in [1.807, 2.05) is 30.3 Å². The number of carbonyl (C=O) groups excluding carboxylic acids is 4. The number of halogens is 1. The van der Waals surface area contributed by atoms with Gasteiger partial charge in [0.1, 0.15) is 11.9 Å². The van der Waals surface area contributed by atoms with Gasteiger partial charge in [-0.3, -0.25) is 24.1 Å². The lowest BCUT2D eigenvalue weighted by Gasteiger charge is -2.33. The van der Waals surface area contributed by atoms with Crippen LogP contribution in [0.15, 0.2) is 78.9 Å². The van der Waals surface area contributed by atoms with E-state index in [9.17, 15) is 23.6 Å². The van der Waals surface area contributed by atoms with Crippen molar-refractivity contribution in [3.8, 4) is 0 Å². The molecule has 218 valence electrons. The number of fused-ring (bicyclic) bond motifs is 1. The van der Waals surface area contributed by atoms with Gasteiger partial charge in [-0.25, -0.2) is 4.39 Å². The van der Waals surface area contributed by atoms with Crippen molar-refractivity contribution in [3.63, 3.8) is 0 Å². The highest BCUT2D eigenvalue weighted by atomic mass is 19.1. The molecule has 1 aliphatic carbocycles. The van der Waals surface area contributed by atoms with Crippen LogP contribution in [0.3, 0.4) is 0 Å². The van der Waals surface area contributed by atoms with E-state index in [1.165, 1.54) is 17.0 Å². The van der Waals surface area contributed by atoms with Crippen molar-refractivity contribution in [2.24, 2.45) is 0 Å². The van der Waals surface area contributed by atoms with Gasteiger partial charge in [-0.2, -0.15) is 0 Å². The van der Waals surface area contributed by atoms with Gasteiger partial charge in [0.15, 0.2) is 0 Å². The minimum Gasteiger partial charge on any atom is -0.352 e. The Morgan fingerprint density at radius 3 is 2.10 bits per heavy atom. The van der Waals surface area contributed by atoms with Gasteiger partial charge in [-0.15, -0.1) is 0 Å². The summed E-state index contributed by atoms with van der Waals surface area (Å²) in [5.74, 6) is -1.58. The molecule has 0 aromatic heterocycles. The van der Waals surface area contributed by atoms with Crippen molar-refractivity contribution >= 4 is 23.6 Å². The number of nitrogens with zero attached hydrogens (tertiary/aromatic N) is 2. The van der Waals surface area contributed by atoms with Gasteiger partial charge in [0.2, 0.25) is 11.8 Å². The zero-order valence-corrected chi connectivity index (χ0v) is 23.6. The standard InChI is InChI=1S/C34H36FN3O4/c35-26-19-17-25(18-20-26)23-38(31(39)16-9-21-37-33(41)28-14-7-8-15-29(28)34(37)42)30(22-24-10-3-1-4-11-24)32(40)36-27-12-5-2-6-13-27/h1,3-4,7-8,10-11,14-15,17-20,27,30H,2,5-6,9,12-13,16,21-23H2,(H,36,40). The second-order valence-electron chi connectivity index (χ2n) is 11.1. The molecule has 8 heteroatoms. The SMILES string of the molecule is O=C(NC1CCCCC1)C(Cc1ccccc1)N(Cc1ccc(F)cc1)C(=O)CCCN1C(=O)c2ccccc2C1=O. The number of hydrogen-bond acceptors (Lipinski definition) is 4. The predicted octanol–water partition coefficient (Wildman–Crippen LogP) is 5.29. The van der Waals surface area contributed by atoms with Crippen LogP contribution in [0.5, 0.6) is 0 Å². The highest BCUT2D eigenvalue weighted by Crippen LogP contribution is 2.24. The average Bonchev–Trinajstić information content (AvgIpc) is 3.25. The second-order valence-corrected chi connectivity index (χ2v) is 11.1. The molecular formula is C34H36FN3O4. The number of rotatable bonds is 11. The maximum atomic E-state index is 13.9. The Morgan fingerprint density at radius 1 is 0.833 bits per heavy atom. The molecule has 0 saturated heterocycles. The van der Waals surface area contributed by atoms with Crippen LogP contribution in [0.25, 0.3) is 0 Å². The van der Waals surface area contributed by atoms with Crippen molar-refractivity contribution in [1.82, 2.24) is 15.1 Å². The molecule has 0 spiro atoms. The molecular weight excluding hydrogens is 533 g/mol. The quantitative estimate of drug-likeness (QED) is 0.318. The number of nitrogens with one attached hydrogen (secondary N) is 1. The van der Waals surface area contributed by atoms with Crippen molar-refractivity contribution < 1.29 is 23.6 Å². The molecule has 42 heavy (non-hydrogen) atoms. The van der Waals surface area contributed by atoms with E-state index in [2.05, 4.69) is 5.32 Å². The molecule has 3 aromatic rings. The van der Waals surface area contributed by atoms with Gasteiger partial charge in [-0.05, 0) is 54.7 Å². The van der Waals surface area contributed by atoms with Gasteiger partial charge in [0.05, 0.1) is 11.1 Å². The van der Waals surface area contributed by atoms with E-state index < -0.39 is 6.04 Å². The fraction of sp³-hybridized carbons (Fsp3) is 0.353. The Balaban J connectivity index is 1.35. The van der Waals surface area contributed by atoms with Crippen molar-refractivity contribution in [3.05, 3.63) is 107 Å². The summed E-state index contributed by atoms with van der Waals surface area (Å²) in [6, 6.07) is 21.5. The third-order valence-electron chi connectivity index (χ3n) is 8.14. The number of hydrogen-bond donors (Lipinski definition) is 1. The first-order valence-electron chi connectivity index (χ1n) is 14.7. The molecule has 1 atom stereocenters. The summed E-state index contributed by atoms with van der Waals surface area (Å²) in [5.41, 5.74) is 2.36. The Labute approximate surface area is 245 Å². The minimum absolute atomic E-state index is 0.0383. The number of carbonyl (C=O) groups is 4. The highest BCUT2D eigenvalue weighted by molar-refractivity contribution is 6.21. The van der Waals surface area contributed by atoms with Gasteiger partial charge in [0, 0.05) is 32.0 Å². The molecule has 7 nitrogen and oxygen atoms in total. The lowest BCUT2D eigenvalue weighted by atomic mass is 9.94. The second kappa shape index (κ2) is 13.6. The van der Waals surface area contributed by atoms with Crippen LogP contribution in [0.4, 0.5) is 4.39 Å². The first-order chi connectivity index (χ1) is 20.4. The average molecular weight is 570 g/mol. The van der Waals surface area contributed by atoms with Gasteiger partial charge < -0.3 is 10.2 Å². The molecule has 2 aliphatic rings. The molecule has 1 saturated carbocycles. The predicted molar refractivity (Wildman–Crippen MR) is 157 cm³/mol. The summed E-state index contributed by atoms with van der Waals surface area (Å²) in [6.45, 7) is 0.224. The van der Waals surface area contributed by atoms with Gasteiger partial charge >= 0.3 is 0 Å². The van der Waals surface area contributed by atoms with E-state index in [4.69, 9.17) is 0 Å². The summed E-state index contributed by atoms with van der Waals surface area (Å²) in [6.07, 6.45) is 5.72. The van der Waals surface area contributed by atoms with E-state index in [1.54, 1.807) is 41.3 Å². The number of benzene rings is 3. The Hall–Kier alpha value is -4.33. The molecule has 4 amide bonds. The fourth-order valence-corrected chi connectivity index (χ4v) is 5.86. The summed E-state index contributed by atoms with van der Waals surface area (Å²) in [5, 5.41) is 3.20. The summed E-state index contributed by atoms with van der Waals surface area (Å²) in [4.78, 5) is 56.1. The summed E-state index contributed by atoms with van der Waals surface area (Å²) >= 11 is 0. The molecule has 5 rings (SSSR count). The largest absolute Gasteiger partial charge is 0.352 e. The fourth-order valence-electron chi connectivity index (χ4n) is 5.86. The van der Waals surface area contributed by atoms with Crippen molar-refractivity contribution in [1.29, 1.82) is 0 Å². The van der Waals surface area contributed by atoms with Crippen LogP contribution in [0.1, 0.15) is 76.8 Å². The smallest absolute Gasteiger partial charge is 0.261 e. The summed E-state index contributed by atoms with van der Waals surface area (Å²) in [7, 11) is 0. The van der Waals surface area contributed by atoms with Crippen molar-refractivity contribution in [2.75, 3.05) is 6.54 Å². The molecule has 1 N–H and O–H groups in total. The molecule has 1 fully saturated rings. The third kappa shape index (κ3) is 6.93. The van der Waals surface area contributed by atoms with Gasteiger partial charge in [-0.1, -0.05) is 73.9 Å². The van der Waals surface area contributed by atoms with E-state index >= 15 is 0 Å². The minimum atomic E-state index is -0.786. The number of amides is 4. The summed E-state index contributed by atoms with van der Waals surface area (Å²) < 4.78 is 13.7. The first kappa shape index (κ1) is 29.2. The lowest BCUT2D eigenvalue weighted by Crippen LogP contribution is -2.52. The van der Waals surface area contributed by atoms with E-state index in [-0.39, 0.29) is 61.4 Å². The monoisotopic (exact) mass is 569 g/mol. The zero-order chi connectivity index (χ0) is 29.5. The third-order valence-corrected chi connectivity index (χ3v) is 8.14.